The van der Waals surface area contributed by atoms with E-state index < -0.39 is 5.97 Å². The fourth-order valence-electron chi connectivity index (χ4n) is 2.72. The molecular weight excluding hydrogens is 357 g/mol. The van der Waals surface area contributed by atoms with Gasteiger partial charge in [0.05, 0.1) is 0 Å². The topological polar surface area (TPSA) is 47.9 Å². The highest BCUT2D eigenvalue weighted by Gasteiger charge is 2.23. The van der Waals surface area contributed by atoms with Gasteiger partial charge in [-0.05, 0) is 53.6 Å². The number of hydrogen-bond acceptors (Lipinski definition) is 4. The molecule has 4 rings (SSSR count). The number of esters is 1. The Morgan fingerprint density at radius 3 is 2.50 bits per heavy atom. The monoisotopic (exact) mass is 373 g/mol. The summed E-state index contributed by atoms with van der Waals surface area (Å²) < 4.78 is 24.1. The third kappa shape index (κ3) is 4.15. The zero-order valence-corrected chi connectivity index (χ0v) is 14.8. The lowest BCUT2D eigenvalue weighted by atomic mass is 10.2. The molecule has 138 valence electrons. The van der Waals surface area contributed by atoms with Crippen LogP contribution in [0.1, 0.15) is 16.7 Å². The van der Waals surface area contributed by atoms with Crippen molar-refractivity contribution in [1.82, 2.24) is 0 Å². The van der Waals surface area contributed by atoms with Crippen molar-refractivity contribution in [3.63, 3.8) is 0 Å². The predicted octanol–water partition coefficient (Wildman–Crippen LogP) is 4.75. The van der Waals surface area contributed by atoms with E-state index in [4.69, 9.17) is 9.47 Å². The number of cyclic esters (lactones) is 1. The third-order valence-corrected chi connectivity index (χ3v) is 4.12. The number of nitrogens with zero attached hydrogens (tertiary/aromatic N) is 1. The fourth-order valence-corrected chi connectivity index (χ4v) is 2.72. The predicted molar refractivity (Wildman–Crippen MR) is 104 cm³/mol. The van der Waals surface area contributed by atoms with Gasteiger partial charge in [0.1, 0.15) is 18.2 Å². The average Bonchev–Trinajstić information content (AvgIpc) is 3.09. The smallest absolute Gasteiger partial charge is 0.363 e. The Morgan fingerprint density at radius 2 is 1.75 bits per heavy atom. The number of benzene rings is 3. The van der Waals surface area contributed by atoms with E-state index in [1.165, 1.54) is 12.1 Å². The number of hydrogen-bond donors (Lipinski definition) is 0. The SMILES string of the molecule is O=C1OC(c2ccccc2)=N/C1=C/c1ccc(OCc2cccc(F)c2)cc1. The second-order valence-electron chi connectivity index (χ2n) is 6.19. The highest BCUT2D eigenvalue weighted by Crippen LogP contribution is 2.21. The minimum atomic E-state index is -0.481. The summed E-state index contributed by atoms with van der Waals surface area (Å²) in [5, 5.41) is 0. The quantitative estimate of drug-likeness (QED) is 0.479. The van der Waals surface area contributed by atoms with Crippen LogP contribution in [0.4, 0.5) is 4.39 Å². The molecule has 0 spiro atoms. The summed E-state index contributed by atoms with van der Waals surface area (Å²) in [4.78, 5) is 16.3. The first kappa shape index (κ1) is 17.7. The summed E-state index contributed by atoms with van der Waals surface area (Å²) in [5.74, 6) is 0.174. The van der Waals surface area contributed by atoms with Gasteiger partial charge in [0.15, 0.2) is 5.70 Å². The molecule has 0 fully saturated rings. The van der Waals surface area contributed by atoms with Crippen molar-refractivity contribution in [1.29, 1.82) is 0 Å². The fraction of sp³-hybridized carbons (Fsp3) is 0.0435. The maximum atomic E-state index is 13.2. The summed E-state index contributed by atoms with van der Waals surface area (Å²) >= 11 is 0. The van der Waals surface area contributed by atoms with E-state index in [9.17, 15) is 9.18 Å². The van der Waals surface area contributed by atoms with Gasteiger partial charge in [-0.2, -0.15) is 0 Å². The molecule has 5 heteroatoms. The molecule has 3 aromatic carbocycles. The zero-order chi connectivity index (χ0) is 19.3. The van der Waals surface area contributed by atoms with E-state index in [2.05, 4.69) is 4.99 Å². The normalized spacial score (nSPS) is 14.7. The highest BCUT2D eigenvalue weighted by molar-refractivity contribution is 6.12. The molecule has 0 radical (unpaired) electrons. The van der Waals surface area contributed by atoms with Crippen molar-refractivity contribution in [3.05, 3.63) is 107 Å². The van der Waals surface area contributed by atoms with Crippen molar-refractivity contribution in [2.75, 3.05) is 0 Å². The maximum Gasteiger partial charge on any atom is 0.363 e. The van der Waals surface area contributed by atoms with E-state index in [1.54, 1.807) is 30.3 Å². The maximum absolute atomic E-state index is 13.2. The molecule has 3 aromatic rings. The third-order valence-electron chi connectivity index (χ3n) is 4.12. The Hall–Kier alpha value is -3.73. The lowest BCUT2D eigenvalue weighted by Gasteiger charge is -2.06. The number of ether oxygens (including phenoxy) is 2. The summed E-state index contributed by atoms with van der Waals surface area (Å²) in [6.45, 7) is 0.273. The van der Waals surface area contributed by atoms with Gasteiger partial charge >= 0.3 is 5.97 Å². The molecule has 0 amide bonds. The van der Waals surface area contributed by atoms with Crippen LogP contribution in [-0.4, -0.2) is 11.9 Å². The van der Waals surface area contributed by atoms with Crippen molar-refractivity contribution in [2.45, 2.75) is 6.61 Å². The number of halogens is 1. The second kappa shape index (κ2) is 7.88. The Morgan fingerprint density at radius 1 is 0.964 bits per heavy atom. The summed E-state index contributed by atoms with van der Waals surface area (Å²) in [6, 6.07) is 22.7. The Kier molecular flexibility index (Phi) is 4.97. The summed E-state index contributed by atoms with van der Waals surface area (Å²) in [6.07, 6.45) is 1.66. The standard InChI is InChI=1S/C23H16FNO3/c24-19-8-4-5-17(13-19)15-27-20-11-9-16(10-12-20)14-21-23(26)28-22(25-21)18-6-2-1-3-7-18/h1-14H,15H2/b21-14+. The average molecular weight is 373 g/mol. The molecule has 0 bridgehead atoms. The molecule has 0 saturated heterocycles. The molecule has 0 unspecified atom stereocenters. The molecule has 0 atom stereocenters. The molecule has 1 aliphatic rings. The van der Waals surface area contributed by atoms with Crippen molar-refractivity contribution in [3.8, 4) is 5.75 Å². The number of aliphatic imine (C=N–C) groups is 1. The molecule has 1 aliphatic heterocycles. The summed E-state index contributed by atoms with van der Waals surface area (Å²) in [5.41, 5.74) is 2.54. The van der Waals surface area contributed by atoms with E-state index in [-0.39, 0.29) is 18.1 Å². The van der Waals surface area contributed by atoms with Gasteiger partial charge in [0, 0.05) is 5.56 Å². The zero-order valence-electron chi connectivity index (χ0n) is 14.8. The highest BCUT2D eigenvalue weighted by atomic mass is 19.1. The Balaban J connectivity index is 1.45. The number of carbonyl (C=O) groups is 1. The molecular formula is C23H16FNO3. The van der Waals surface area contributed by atoms with Crippen LogP contribution < -0.4 is 4.74 Å². The minimum absolute atomic E-state index is 0.243. The minimum Gasteiger partial charge on any atom is -0.489 e. The van der Waals surface area contributed by atoms with Gasteiger partial charge in [-0.1, -0.05) is 42.5 Å². The van der Waals surface area contributed by atoms with E-state index in [0.717, 1.165) is 16.7 Å². The largest absolute Gasteiger partial charge is 0.489 e. The van der Waals surface area contributed by atoms with Gasteiger partial charge in [0.2, 0.25) is 5.90 Å². The van der Waals surface area contributed by atoms with Gasteiger partial charge < -0.3 is 9.47 Å². The molecule has 4 nitrogen and oxygen atoms in total. The van der Waals surface area contributed by atoms with Gasteiger partial charge in [0.25, 0.3) is 0 Å². The van der Waals surface area contributed by atoms with Gasteiger partial charge in [-0.3, -0.25) is 0 Å². The summed E-state index contributed by atoms with van der Waals surface area (Å²) in [7, 11) is 0. The molecule has 0 aromatic heterocycles. The van der Waals surface area contributed by atoms with Crippen LogP contribution in [0, 0.1) is 5.82 Å². The van der Waals surface area contributed by atoms with Gasteiger partial charge in [-0.15, -0.1) is 0 Å². The van der Waals surface area contributed by atoms with Crippen LogP contribution in [0.5, 0.6) is 5.75 Å². The van der Waals surface area contributed by atoms with Crippen LogP contribution in [0.2, 0.25) is 0 Å². The van der Waals surface area contributed by atoms with Crippen molar-refractivity contribution >= 4 is 17.9 Å². The molecule has 28 heavy (non-hydrogen) atoms. The van der Waals surface area contributed by atoms with Crippen LogP contribution in [0.25, 0.3) is 6.08 Å². The van der Waals surface area contributed by atoms with E-state index in [0.29, 0.717) is 11.6 Å². The van der Waals surface area contributed by atoms with Crippen molar-refractivity contribution in [2.24, 2.45) is 4.99 Å². The first-order chi connectivity index (χ1) is 13.7. The second-order valence-corrected chi connectivity index (χ2v) is 6.19. The van der Waals surface area contributed by atoms with Crippen LogP contribution in [0.3, 0.4) is 0 Å². The van der Waals surface area contributed by atoms with E-state index in [1.807, 2.05) is 42.5 Å². The molecule has 1 heterocycles. The van der Waals surface area contributed by atoms with E-state index >= 15 is 0 Å². The number of carbonyl (C=O) groups excluding carboxylic acids is 1. The van der Waals surface area contributed by atoms with Crippen LogP contribution in [0.15, 0.2) is 89.6 Å². The lowest BCUT2D eigenvalue weighted by molar-refractivity contribution is -0.129. The first-order valence-corrected chi connectivity index (χ1v) is 8.73. The van der Waals surface area contributed by atoms with Crippen molar-refractivity contribution < 1.29 is 18.7 Å². The molecule has 0 saturated carbocycles. The Labute approximate surface area is 161 Å². The first-order valence-electron chi connectivity index (χ1n) is 8.73. The van der Waals surface area contributed by atoms with Gasteiger partial charge in [-0.25, -0.2) is 14.2 Å². The number of rotatable bonds is 5. The lowest BCUT2D eigenvalue weighted by Crippen LogP contribution is -2.04. The molecule has 0 N–H and O–H groups in total. The van der Waals surface area contributed by atoms with Crippen LogP contribution in [-0.2, 0) is 16.1 Å². The Bertz CT molecular complexity index is 1060. The van der Waals surface area contributed by atoms with Crippen LogP contribution >= 0.6 is 0 Å². The molecule has 0 aliphatic carbocycles.